The van der Waals surface area contributed by atoms with Crippen LogP contribution in [0.1, 0.15) is 5.56 Å². The first-order chi connectivity index (χ1) is 9.92. The molecule has 0 aliphatic carbocycles. The number of allylic oxidation sites excluding steroid dienone is 1. The van der Waals surface area contributed by atoms with Gasteiger partial charge in [0.05, 0.1) is 0 Å². The smallest absolute Gasteiger partial charge is 0.307 e. The fraction of sp³-hybridized carbons (Fsp3) is 0.100. The van der Waals surface area contributed by atoms with E-state index in [0.29, 0.717) is 0 Å². The Morgan fingerprint density at radius 3 is 1.64 bits per heavy atom. The summed E-state index contributed by atoms with van der Waals surface area (Å²) in [5.74, 6) is -20.2. The number of halogens is 10. The Kier molecular flexibility index (Phi) is 5.00. The lowest BCUT2D eigenvalue weighted by atomic mass is 10.0. The zero-order chi connectivity index (χ0) is 17.4. The monoisotopic (exact) mass is 357 g/mol. The lowest BCUT2D eigenvalue weighted by Crippen LogP contribution is -2.23. The Labute approximate surface area is 120 Å². The minimum Gasteiger partial charge on any atom is -0.307 e. The van der Waals surface area contributed by atoms with Crippen molar-refractivity contribution in [1.82, 2.24) is 0 Å². The van der Waals surface area contributed by atoms with Crippen LogP contribution in [-0.2, 0) is 5.92 Å². The zero-order valence-electron chi connectivity index (χ0n) is 9.69. The summed E-state index contributed by atoms with van der Waals surface area (Å²) in [6, 6.07) is 0. The van der Waals surface area contributed by atoms with Gasteiger partial charge in [-0.1, -0.05) is 0 Å². The Hall–Kier alpha value is -1.91. The zero-order valence-corrected chi connectivity index (χ0v) is 10.4. The molecule has 1 rings (SSSR count). The topological polar surface area (TPSA) is 29.1 Å². The number of nitrogens with one attached hydrogen (secondary N) is 1. The van der Waals surface area contributed by atoms with E-state index in [2.05, 4.69) is 11.6 Å². The van der Waals surface area contributed by atoms with Crippen LogP contribution < -0.4 is 5.32 Å². The van der Waals surface area contributed by atoms with E-state index in [1.807, 2.05) is 0 Å². The van der Waals surface area contributed by atoms with Gasteiger partial charge in [0.2, 0.25) is 5.83 Å². The third-order valence-corrected chi connectivity index (χ3v) is 2.34. The molecular weight excluding hydrogens is 357 g/mol. The highest BCUT2D eigenvalue weighted by atomic mass is 35.5. The van der Waals surface area contributed by atoms with E-state index in [4.69, 9.17) is 0 Å². The molecule has 1 amide bonds. The van der Waals surface area contributed by atoms with Crippen LogP contribution in [0.15, 0.2) is 11.9 Å². The number of carbonyl (C=O) groups excluding carboxylic acids is 1. The highest BCUT2D eigenvalue weighted by Gasteiger charge is 2.48. The minimum absolute atomic E-state index is 1.05. The van der Waals surface area contributed by atoms with Crippen LogP contribution >= 0.6 is 11.6 Å². The molecule has 0 aliphatic rings. The van der Waals surface area contributed by atoms with Crippen molar-refractivity contribution in [3.05, 3.63) is 40.7 Å². The molecule has 0 aliphatic heterocycles. The van der Waals surface area contributed by atoms with Crippen LogP contribution in [0, 0.1) is 23.3 Å². The summed E-state index contributed by atoms with van der Waals surface area (Å²) in [6.45, 7) is 0. The van der Waals surface area contributed by atoms with Crippen molar-refractivity contribution >= 4 is 22.7 Å². The van der Waals surface area contributed by atoms with E-state index in [1.54, 1.807) is 0 Å². The summed E-state index contributed by atoms with van der Waals surface area (Å²) in [4.78, 5) is 10.4. The lowest BCUT2D eigenvalue weighted by molar-refractivity contribution is -0.00215. The van der Waals surface area contributed by atoms with Gasteiger partial charge in [0.1, 0.15) is 11.3 Å². The van der Waals surface area contributed by atoms with E-state index >= 15 is 0 Å². The van der Waals surface area contributed by atoms with E-state index in [1.165, 1.54) is 0 Å². The molecule has 22 heavy (non-hydrogen) atoms. The standard InChI is InChI=1S/C10HClF9NO/c11-9(22)21-6-4(14)2(12)1(3(13)5(6)15)10(19,20)7(16)8(17)18/h(H,21,22). The average Bonchev–Trinajstić information content (AvgIpc) is 2.40. The van der Waals surface area contributed by atoms with Gasteiger partial charge in [0, 0.05) is 0 Å². The molecule has 1 aromatic carbocycles. The molecule has 0 saturated carbocycles. The predicted octanol–water partition coefficient (Wildman–Crippen LogP) is 5.18. The highest BCUT2D eigenvalue weighted by molar-refractivity contribution is 6.65. The summed E-state index contributed by atoms with van der Waals surface area (Å²) >= 11 is 4.64. The molecule has 0 heterocycles. The van der Waals surface area contributed by atoms with Gasteiger partial charge >= 0.3 is 17.4 Å². The first kappa shape index (κ1) is 18.1. The van der Waals surface area contributed by atoms with Crippen molar-refractivity contribution in [3.63, 3.8) is 0 Å². The van der Waals surface area contributed by atoms with Crippen LogP contribution in [0.4, 0.5) is 50.0 Å². The summed E-state index contributed by atoms with van der Waals surface area (Å²) < 4.78 is 116. The van der Waals surface area contributed by atoms with Gasteiger partial charge in [0.15, 0.2) is 23.3 Å². The Morgan fingerprint density at radius 2 is 1.32 bits per heavy atom. The molecule has 1 N–H and O–H groups in total. The van der Waals surface area contributed by atoms with Gasteiger partial charge in [-0.05, 0) is 11.6 Å². The fourth-order valence-corrected chi connectivity index (χ4v) is 1.44. The van der Waals surface area contributed by atoms with E-state index in [0.717, 1.165) is 5.32 Å². The van der Waals surface area contributed by atoms with Gasteiger partial charge in [0.25, 0.3) is 0 Å². The van der Waals surface area contributed by atoms with Crippen molar-refractivity contribution in [2.75, 3.05) is 5.32 Å². The third kappa shape index (κ3) is 2.98. The molecule has 0 spiro atoms. The van der Waals surface area contributed by atoms with Crippen LogP contribution in [0.2, 0.25) is 0 Å². The maximum absolute atomic E-state index is 13.4. The van der Waals surface area contributed by atoms with Crippen LogP contribution in [0.5, 0.6) is 0 Å². The second kappa shape index (κ2) is 6.07. The Bertz CT molecular complexity index is 640. The maximum Gasteiger partial charge on any atom is 0.335 e. The van der Waals surface area contributed by atoms with Crippen molar-refractivity contribution in [1.29, 1.82) is 0 Å². The molecule has 1 aromatic rings. The molecule has 12 heteroatoms. The van der Waals surface area contributed by atoms with Gasteiger partial charge in [-0.25, -0.2) is 17.6 Å². The Balaban J connectivity index is 3.74. The predicted molar refractivity (Wildman–Crippen MR) is 55.4 cm³/mol. The van der Waals surface area contributed by atoms with Crippen LogP contribution in [0.25, 0.3) is 0 Å². The van der Waals surface area contributed by atoms with Crippen LogP contribution in [-0.4, -0.2) is 5.37 Å². The number of anilines is 1. The van der Waals surface area contributed by atoms with Crippen molar-refractivity contribution < 1.29 is 44.3 Å². The number of carbonyl (C=O) groups is 1. The number of hydrogen-bond acceptors (Lipinski definition) is 1. The average molecular weight is 358 g/mol. The molecule has 0 unspecified atom stereocenters. The number of rotatable bonds is 3. The van der Waals surface area contributed by atoms with E-state index in [-0.39, 0.29) is 0 Å². The summed E-state index contributed by atoms with van der Waals surface area (Å²) in [5, 5.41) is -0.688. The number of alkyl halides is 2. The minimum atomic E-state index is -5.70. The summed E-state index contributed by atoms with van der Waals surface area (Å²) in [6.07, 6.45) is -3.65. The van der Waals surface area contributed by atoms with Crippen molar-refractivity contribution in [3.8, 4) is 0 Å². The SMILES string of the molecule is O=C(Cl)Nc1c(F)c(F)c(C(F)(F)C(F)=C(F)F)c(F)c1F. The molecule has 0 bridgehead atoms. The molecule has 0 aromatic heterocycles. The summed E-state index contributed by atoms with van der Waals surface area (Å²) in [7, 11) is 0. The molecule has 0 saturated heterocycles. The first-order valence-electron chi connectivity index (χ1n) is 4.84. The molecule has 0 fully saturated rings. The van der Waals surface area contributed by atoms with E-state index in [9.17, 15) is 44.3 Å². The lowest BCUT2D eigenvalue weighted by Gasteiger charge is -2.18. The highest BCUT2D eigenvalue weighted by Crippen LogP contribution is 2.44. The quantitative estimate of drug-likeness (QED) is 0.343. The van der Waals surface area contributed by atoms with Crippen LogP contribution in [0.3, 0.4) is 0 Å². The normalized spacial score (nSPS) is 11.4. The first-order valence-corrected chi connectivity index (χ1v) is 5.22. The largest absolute Gasteiger partial charge is 0.335 e. The number of amides is 1. The number of benzene rings is 1. The van der Waals surface area contributed by atoms with Gasteiger partial charge < -0.3 is 5.32 Å². The fourth-order valence-electron chi connectivity index (χ4n) is 1.34. The van der Waals surface area contributed by atoms with Crippen molar-refractivity contribution in [2.45, 2.75) is 5.92 Å². The molecule has 0 atom stereocenters. The second-order valence-electron chi connectivity index (χ2n) is 3.55. The van der Waals surface area contributed by atoms with Gasteiger partial charge in [-0.2, -0.15) is 22.0 Å². The third-order valence-electron chi connectivity index (χ3n) is 2.24. The van der Waals surface area contributed by atoms with E-state index < -0.39 is 57.7 Å². The maximum atomic E-state index is 13.4. The van der Waals surface area contributed by atoms with Gasteiger partial charge in [-0.15, -0.1) is 0 Å². The molecule has 2 nitrogen and oxygen atoms in total. The molecular formula is C10HClF9NO. The summed E-state index contributed by atoms with van der Waals surface area (Å²) in [5.41, 5.74) is -4.82. The molecule has 0 radical (unpaired) electrons. The van der Waals surface area contributed by atoms with Crippen molar-refractivity contribution in [2.24, 2.45) is 0 Å². The second-order valence-corrected chi connectivity index (χ2v) is 3.90. The van der Waals surface area contributed by atoms with Gasteiger partial charge in [-0.3, -0.25) is 4.79 Å². The molecule has 122 valence electrons. The Morgan fingerprint density at radius 1 is 0.909 bits per heavy atom. The number of hydrogen-bond donors (Lipinski definition) is 1.